The van der Waals surface area contributed by atoms with E-state index >= 15 is 0 Å². The maximum Gasteiger partial charge on any atom is 0.273 e. The molecule has 0 fully saturated rings. The fourth-order valence-electron chi connectivity index (χ4n) is 3.10. The number of amides is 1. The molecule has 1 aromatic carbocycles. The molecule has 0 saturated carbocycles. The minimum atomic E-state index is -0.148. The van der Waals surface area contributed by atoms with Crippen LogP contribution >= 0.6 is 0 Å². The van der Waals surface area contributed by atoms with E-state index in [1.807, 2.05) is 62.6 Å². The number of hydrogen-bond donors (Lipinski definition) is 1. The molecule has 0 aliphatic heterocycles. The molecule has 0 bridgehead atoms. The molecule has 3 rings (SSSR count). The highest BCUT2D eigenvalue weighted by molar-refractivity contribution is 6.08. The van der Waals surface area contributed by atoms with Gasteiger partial charge in [0.25, 0.3) is 5.91 Å². The second-order valence-electron chi connectivity index (χ2n) is 6.00. The summed E-state index contributed by atoms with van der Waals surface area (Å²) in [6.45, 7) is 9.27. The first kappa shape index (κ1) is 17.0. The number of rotatable bonds is 5. The molecular formula is C20H23N3O2. The Bertz CT molecular complexity index is 911. The summed E-state index contributed by atoms with van der Waals surface area (Å²) in [5, 5.41) is 3.94. The van der Waals surface area contributed by atoms with Gasteiger partial charge in [-0.25, -0.2) is 4.98 Å². The third-order valence-corrected chi connectivity index (χ3v) is 4.28. The summed E-state index contributed by atoms with van der Waals surface area (Å²) in [4.78, 5) is 17.1. The fraction of sp³-hybridized carbons (Fsp3) is 0.300. The quantitative estimate of drug-likeness (QED) is 0.754. The van der Waals surface area contributed by atoms with Gasteiger partial charge < -0.3 is 14.6 Å². The van der Waals surface area contributed by atoms with Crippen LogP contribution in [0.15, 0.2) is 36.5 Å². The number of aromatic nitrogens is 2. The van der Waals surface area contributed by atoms with Gasteiger partial charge >= 0.3 is 0 Å². The number of benzene rings is 1. The Balaban J connectivity index is 2.03. The Hall–Kier alpha value is -2.82. The minimum absolute atomic E-state index is 0.148. The number of fused-ring (bicyclic) bond motifs is 1. The Morgan fingerprint density at radius 2 is 2.00 bits per heavy atom. The SMILES string of the molecule is CCOc1ccc2c(c1)c(C)c(C(=O)Nc1ccc(C)cn1)n2CC. The van der Waals surface area contributed by atoms with E-state index in [2.05, 4.69) is 10.3 Å². The van der Waals surface area contributed by atoms with Gasteiger partial charge in [-0.05, 0) is 63.1 Å². The zero-order valence-corrected chi connectivity index (χ0v) is 15.1. The smallest absolute Gasteiger partial charge is 0.273 e. The molecule has 1 N–H and O–H groups in total. The zero-order valence-electron chi connectivity index (χ0n) is 15.1. The normalized spacial score (nSPS) is 10.9. The molecule has 0 radical (unpaired) electrons. The molecule has 25 heavy (non-hydrogen) atoms. The highest BCUT2D eigenvalue weighted by Crippen LogP contribution is 2.29. The number of nitrogens with zero attached hydrogens (tertiary/aromatic N) is 2. The molecule has 0 saturated heterocycles. The van der Waals surface area contributed by atoms with Crippen molar-refractivity contribution in [3.05, 3.63) is 53.3 Å². The second-order valence-corrected chi connectivity index (χ2v) is 6.00. The monoisotopic (exact) mass is 337 g/mol. The average molecular weight is 337 g/mol. The van der Waals surface area contributed by atoms with Gasteiger partial charge in [0.15, 0.2) is 0 Å². The molecule has 2 heterocycles. The van der Waals surface area contributed by atoms with E-state index in [0.717, 1.165) is 27.8 Å². The third-order valence-electron chi connectivity index (χ3n) is 4.28. The molecule has 1 amide bonds. The number of ether oxygens (including phenoxy) is 1. The van der Waals surface area contributed by atoms with E-state index in [1.165, 1.54) is 0 Å². The van der Waals surface area contributed by atoms with E-state index in [4.69, 9.17) is 4.74 Å². The molecular weight excluding hydrogens is 314 g/mol. The summed E-state index contributed by atoms with van der Waals surface area (Å²) in [6.07, 6.45) is 1.74. The lowest BCUT2D eigenvalue weighted by atomic mass is 10.1. The average Bonchev–Trinajstić information content (AvgIpc) is 2.89. The van der Waals surface area contributed by atoms with Crippen molar-refractivity contribution in [3.8, 4) is 5.75 Å². The minimum Gasteiger partial charge on any atom is -0.494 e. The zero-order chi connectivity index (χ0) is 18.0. The Morgan fingerprint density at radius 1 is 1.20 bits per heavy atom. The summed E-state index contributed by atoms with van der Waals surface area (Å²) in [5.74, 6) is 1.22. The highest BCUT2D eigenvalue weighted by Gasteiger charge is 2.20. The van der Waals surface area contributed by atoms with Gasteiger partial charge in [-0.15, -0.1) is 0 Å². The van der Waals surface area contributed by atoms with E-state index in [-0.39, 0.29) is 5.91 Å². The topological polar surface area (TPSA) is 56.1 Å². The van der Waals surface area contributed by atoms with Crippen molar-refractivity contribution >= 4 is 22.6 Å². The van der Waals surface area contributed by atoms with Crippen LogP contribution in [-0.4, -0.2) is 22.1 Å². The maximum atomic E-state index is 12.9. The predicted octanol–water partition coefficient (Wildman–Crippen LogP) is 4.32. The van der Waals surface area contributed by atoms with Crippen LogP contribution in [0.5, 0.6) is 5.75 Å². The van der Waals surface area contributed by atoms with Crippen LogP contribution in [0.3, 0.4) is 0 Å². The fourth-order valence-corrected chi connectivity index (χ4v) is 3.10. The molecule has 5 heteroatoms. The number of pyridine rings is 1. The van der Waals surface area contributed by atoms with Gasteiger partial charge in [0.2, 0.25) is 0 Å². The first-order valence-corrected chi connectivity index (χ1v) is 8.54. The number of carbonyl (C=O) groups is 1. The highest BCUT2D eigenvalue weighted by atomic mass is 16.5. The Morgan fingerprint density at radius 3 is 2.64 bits per heavy atom. The van der Waals surface area contributed by atoms with Gasteiger partial charge in [0.1, 0.15) is 17.3 Å². The lowest BCUT2D eigenvalue weighted by molar-refractivity contribution is 0.101. The van der Waals surface area contributed by atoms with E-state index < -0.39 is 0 Å². The van der Waals surface area contributed by atoms with Crippen molar-refractivity contribution in [1.82, 2.24) is 9.55 Å². The van der Waals surface area contributed by atoms with Gasteiger partial charge in [0, 0.05) is 23.6 Å². The molecule has 5 nitrogen and oxygen atoms in total. The first-order valence-electron chi connectivity index (χ1n) is 8.54. The Labute approximate surface area is 147 Å². The summed E-state index contributed by atoms with van der Waals surface area (Å²) >= 11 is 0. The van der Waals surface area contributed by atoms with Crippen LogP contribution in [0.1, 0.15) is 35.5 Å². The van der Waals surface area contributed by atoms with Crippen LogP contribution in [-0.2, 0) is 6.54 Å². The molecule has 0 aliphatic carbocycles. The van der Waals surface area contributed by atoms with Crippen molar-refractivity contribution in [1.29, 1.82) is 0 Å². The molecule has 0 unspecified atom stereocenters. The van der Waals surface area contributed by atoms with Crippen molar-refractivity contribution in [2.75, 3.05) is 11.9 Å². The van der Waals surface area contributed by atoms with Gasteiger partial charge in [0.05, 0.1) is 6.61 Å². The lowest BCUT2D eigenvalue weighted by Crippen LogP contribution is -2.18. The van der Waals surface area contributed by atoms with Gasteiger partial charge in [-0.1, -0.05) is 6.07 Å². The van der Waals surface area contributed by atoms with E-state index in [1.54, 1.807) is 6.20 Å². The molecule has 130 valence electrons. The summed E-state index contributed by atoms with van der Waals surface area (Å²) in [6, 6.07) is 9.70. The van der Waals surface area contributed by atoms with Gasteiger partial charge in [-0.2, -0.15) is 0 Å². The number of nitrogens with one attached hydrogen (secondary N) is 1. The first-order chi connectivity index (χ1) is 12.0. The van der Waals surface area contributed by atoms with Crippen LogP contribution < -0.4 is 10.1 Å². The van der Waals surface area contributed by atoms with E-state index in [0.29, 0.717) is 24.7 Å². The van der Waals surface area contributed by atoms with Crippen LogP contribution in [0.25, 0.3) is 10.9 Å². The molecule has 3 aromatic rings. The number of carbonyl (C=O) groups excluding carboxylic acids is 1. The van der Waals surface area contributed by atoms with Crippen LogP contribution in [0.4, 0.5) is 5.82 Å². The second kappa shape index (κ2) is 6.97. The number of anilines is 1. The lowest BCUT2D eigenvalue weighted by Gasteiger charge is -2.09. The van der Waals surface area contributed by atoms with Crippen molar-refractivity contribution in [3.63, 3.8) is 0 Å². The van der Waals surface area contributed by atoms with Crippen molar-refractivity contribution in [2.45, 2.75) is 34.2 Å². The predicted molar refractivity (Wildman–Crippen MR) is 100 cm³/mol. The Kier molecular flexibility index (Phi) is 4.74. The number of aryl methyl sites for hydroxylation is 3. The molecule has 0 aliphatic rings. The summed E-state index contributed by atoms with van der Waals surface area (Å²) < 4.78 is 7.63. The van der Waals surface area contributed by atoms with Crippen molar-refractivity contribution < 1.29 is 9.53 Å². The largest absolute Gasteiger partial charge is 0.494 e. The van der Waals surface area contributed by atoms with Crippen molar-refractivity contribution in [2.24, 2.45) is 0 Å². The van der Waals surface area contributed by atoms with Crippen LogP contribution in [0, 0.1) is 13.8 Å². The molecule has 0 spiro atoms. The summed E-state index contributed by atoms with van der Waals surface area (Å²) in [7, 11) is 0. The maximum absolute atomic E-state index is 12.9. The molecule has 0 atom stereocenters. The van der Waals surface area contributed by atoms with E-state index in [9.17, 15) is 4.79 Å². The third kappa shape index (κ3) is 3.22. The standard InChI is InChI=1S/C20H23N3O2/c1-5-23-17-9-8-15(25-6-2)11-16(17)14(4)19(23)20(24)22-18-10-7-13(3)12-21-18/h7-12H,5-6H2,1-4H3,(H,21,22,24). The molecule has 2 aromatic heterocycles. The summed E-state index contributed by atoms with van der Waals surface area (Å²) in [5.41, 5.74) is 3.70. The number of hydrogen-bond acceptors (Lipinski definition) is 3. The van der Waals surface area contributed by atoms with Gasteiger partial charge in [-0.3, -0.25) is 4.79 Å². The van der Waals surface area contributed by atoms with Crippen LogP contribution in [0.2, 0.25) is 0 Å².